The van der Waals surface area contributed by atoms with Gasteiger partial charge in [-0.05, 0) is 35.7 Å². The molecule has 0 bridgehead atoms. The molecule has 0 N–H and O–H groups in total. The fourth-order valence-corrected chi connectivity index (χ4v) is 5.72. The summed E-state index contributed by atoms with van der Waals surface area (Å²) in [7, 11) is 0. The molecule has 5 heteroatoms. The van der Waals surface area contributed by atoms with E-state index in [4.69, 9.17) is 0 Å². The van der Waals surface area contributed by atoms with Crippen molar-refractivity contribution in [1.82, 2.24) is 0 Å². The van der Waals surface area contributed by atoms with E-state index in [1.54, 1.807) is 4.90 Å². The number of rotatable bonds is 4. The number of nitrogens with zero attached hydrogens (tertiary/aromatic N) is 2. The normalized spacial score (nSPS) is 20.3. The third-order valence-electron chi connectivity index (χ3n) is 5.85. The smallest absolute Gasteiger partial charge is 0.269 e. The Morgan fingerprint density at radius 2 is 1.57 bits per heavy atom. The van der Waals surface area contributed by atoms with Crippen LogP contribution in [-0.2, 0) is 27.4 Å². The average molecular weight is 415 g/mol. The highest BCUT2D eigenvalue weighted by molar-refractivity contribution is 8.02. The molecular weight excluding hydrogens is 392 g/mol. The Morgan fingerprint density at radius 1 is 0.867 bits per heavy atom. The van der Waals surface area contributed by atoms with Crippen LogP contribution in [-0.4, -0.2) is 17.6 Å². The minimum atomic E-state index is -1.05. The Bertz CT molecular complexity index is 1110. The monoisotopic (exact) mass is 414 g/mol. The highest BCUT2D eigenvalue weighted by atomic mass is 32.2. The maximum atomic E-state index is 14.0. The molecule has 3 aromatic carbocycles. The molecule has 2 aliphatic heterocycles. The molecule has 0 saturated carbocycles. The van der Waals surface area contributed by atoms with Gasteiger partial charge in [-0.1, -0.05) is 67.6 Å². The van der Waals surface area contributed by atoms with E-state index in [1.165, 1.54) is 17.3 Å². The van der Waals surface area contributed by atoms with Gasteiger partial charge in [0.1, 0.15) is 0 Å². The minimum Gasteiger partial charge on any atom is -0.304 e. The van der Waals surface area contributed by atoms with Crippen LogP contribution in [0.3, 0.4) is 0 Å². The molecule has 1 saturated heterocycles. The fraction of sp³-hybridized carbons (Fsp3) is 0.200. The number of carbonyl (C=O) groups is 2. The van der Waals surface area contributed by atoms with Crippen molar-refractivity contribution >= 4 is 35.0 Å². The molecule has 2 aliphatic rings. The summed E-state index contributed by atoms with van der Waals surface area (Å²) < 4.78 is 0. The van der Waals surface area contributed by atoms with E-state index >= 15 is 0 Å². The number of benzene rings is 3. The SMILES string of the molecule is CCc1ccc(N2C(=O)CSC23C(=O)N(Cc2ccccc2)c2ccccc23)cc1. The summed E-state index contributed by atoms with van der Waals surface area (Å²) in [4.78, 5) is 29.5. The van der Waals surface area contributed by atoms with Crippen LogP contribution < -0.4 is 9.80 Å². The molecular formula is C25H22N2O2S. The number of para-hydroxylation sites is 1. The zero-order chi connectivity index (χ0) is 20.7. The minimum absolute atomic E-state index is 0.0334. The molecule has 0 radical (unpaired) electrons. The van der Waals surface area contributed by atoms with Gasteiger partial charge in [-0.3, -0.25) is 14.5 Å². The van der Waals surface area contributed by atoms with E-state index in [0.29, 0.717) is 6.54 Å². The van der Waals surface area contributed by atoms with Gasteiger partial charge in [0.25, 0.3) is 5.91 Å². The summed E-state index contributed by atoms with van der Waals surface area (Å²) in [5.41, 5.74) is 4.80. The molecule has 1 fully saturated rings. The van der Waals surface area contributed by atoms with Crippen LogP contribution in [0.25, 0.3) is 0 Å². The first kappa shape index (κ1) is 18.9. The third-order valence-corrected chi connectivity index (χ3v) is 7.24. The molecule has 3 aromatic rings. The van der Waals surface area contributed by atoms with Crippen LogP contribution in [0.15, 0.2) is 78.9 Å². The Kier molecular flexibility index (Phi) is 4.63. The van der Waals surface area contributed by atoms with Gasteiger partial charge in [-0.2, -0.15) is 0 Å². The van der Waals surface area contributed by atoms with E-state index in [-0.39, 0.29) is 17.6 Å². The average Bonchev–Trinajstić information content (AvgIpc) is 3.26. The molecule has 30 heavy (non-hydrogen) atoms. The van der Waals surface area contributed by atoms with E-state index in [0.717, 1.165) is 28.9 Å². The maximum Gasteiger partial charge on any atom is 0.269 e. The quantitative estimate of drug-likeness (QED) is 0.620. The van der Waals surface area contributed by atoms with E-state index < -0.39 is 4.87 Å². The number of hydrogen-bond acceptors (Lipinski definition) is 3. The summed E-state index contributed by atoms with van der Waals surface area (Å²) in [6, 6.07) is 25.8. The van der Waals surface area contributed by atoms with Crippen LogP contribution in [0, 0.1) is 0 Å². The van der Waals surface area contributed by atoms with Crippen molar-refractivity contribution < 1.29 is 9.59 Å². The fourth-order valence-electron chi connectivity index (χ4n) is 4.36. The standard InChI is InChI=1S/C25H22N2O2S/c1-2-18-12-14-20(15-13-18)27-23(28)17-30-25(27)21-10-6-7-11-22(21)26(24(25)29)16-19-8-4-3-5-9-19/h3-15H,2,16-17H2,1H3. The van der Waals surface area contributed by atoms with Crippen LogP contribution in [0.4, 0.5) is 11.4 Å². The van der Waals surface area contributed by atoms with Gasteiger partial charge in [0.15, 0.2) is 0 Å². The molecule has 2 amide bonds. The number of amides is 2. The Labute approximate surface area is 180 Å². The van der Waals surface area contributed by atoms with E-state index in [9.17, 15) is 9.59 Å². The van der Waals surface area contributed by atoms with Crippen LogP contribution in [0.2, 0.25) is 0 Å². The van der Waals surface area contributed by atoms with Gasteiger partial charge < -0.3 is 4.90 Å². The summed E-state index contributed by atoms with van der Waals surface area (Å²) in [6.45, 7) is 2.58. The van der Waals surface area contributed by atoms with Crippen molar-refractivity contribution in [3.8, 4) is 0 Å². The van der Waals surface area contributed by atoms with Gasteiger partial charge in [0.05, 0.1) is 18.0 Å². The number of carbonyl (C=O) groups excluding carboxylic acids is 2. The third kappa shape index (κ3) is 2.76. The van der Waals surface area contributed by atoms with Crippen molar-refractivity contribution in [2.24, 2.45) is 0 Å². The lowest BCUT2D eigenvalue weighted by Gasteiger charge is -2.33. The summed E-state index contributed by atoms with van der Waals surface area (Å²) in [5, 5.41) is 0. The Balaban J connectivity index is 1.62. The van der Waals surface area contributed by atoms with E-state index in [2.05, 4.69) is 6.92 Å². The molecule has 2 heterocycles. The van der Waals surface area contributed by atoms with E-state index in [1.807, 2.05) is 83.8 Å². The van der Waals surface area contributed by atoms with Crippen LogP contribution in [0.5, 0.6) is 0 Å². The predicted molar refractivity (Wildman–Crippen MR) is 122 cm³/mol. The molecule has 4 nitrogen and oxygen atoms in total. The molecule has 1 atom stereocenters. The maximum absolute atomic E-state index is 14.0. The molecule has 0 aromatic heterocycles. The zero-order valence-corrected chi connectivity index (χ0v) is 17.6. The lowest BCUT2D eigenvalue weighted by atomic mass is 10.0. The van der Waals surface area contributed by atoms with Gasteiger partial charge >= 0.3 is 0 Å². The lowest BCUT2D eigenvalue weighted by molar-refractivity contribution is -0.123. The number of thioether (sulfide) groups is 1. The first-order chi connectivity index (χ1) is 14.6. The number of anilines is 2. The number of hydrogen-bond donors (Lipinski definition) is 0. The van der Waals surface area contributed by atoms with Crippen LogP contribution in [0.1, 0.15) is 23.6 Å². The second kappa shape index (κ2) is 7.33. The highest BCUT2D eigenvalue weighted by Crippen LogP contribution is 2.55. The lowest BCUT2D eigenvalue weighted by Crippen LogP contribution is -2.49. The van der Waals surface area contributed by atoms with Gasteiger partial charge in [-0.15, -0.1) is 11.8 Å². The van der Waals surface area contributed by atoms with Crippen molar-refractivity contribution in [1.29, 1.82) is 0 Å². The van der Waals surface area contributed by atoms with Crippen molar-refractivity contribution in [2.75, 3.05) is 15.6 Å². The zero-order valence-electron chi connectivity index (χ0n) is 16.7. The summed E-state index contributed by atoms with van der Waals surface area (Å²) in [6.07, 6.45) is 0.931. The summed E-state index contributed by atoms with van der Waals surface area (Å²) in [5.74, 6) is 0.200. The van der Waals surface area contributed by atoms with Crippen LogP contribution >= 0.6 is 11.8 Å². The number of fused-ring (bicyclic) bond motifs is 2. The van der Waals surface area contributed by atoms with Crippen molar-refractivity contribution in [2.45, 2.75) is 24.8 Å². The highest BCUT2D eigenvalue weighted by Gasteiger charge is 2.60. The van der Waals surface area contributed by atoms with Crippen molar-refractivity contribution in [3.63, 3.8) is 0 Å². The molecule has 1 spiro atoms. The molecule has 150 valence electrons. The molecule has 0 aliphatic carbocycles. The summed E-state index contributed by atoms with van der Waals surface area (Å²) >= 11 is 1.42. The van der Waals surface area contributed by atoms with Gasteiger partial charge in [0.2, 0.25) is 10.8 Å². The predicted octanol–water partition coefficient (Wildman–Crippen LogP) is 4.73. The largest absolute Gasteiger partial charge is 0.304 e. The first-order valence-electron chi connectivity index (χ1n) is 10.2. The topological polar surface area (TPSA) is 40.6 Å². The Hall–Kier alpha value is -3.05. The van der Waals surface area contributed by atoms with Crippen molar-refractivity contribution in [3.05, 3.63) is 95.6 Å². The number of aryl methyl sites for hydroxylation is 1. The molecule has 1 unspecified atom stereocenters. The Morgan fingerprint density at radius 3 is 2.30 bits per heavy atom. The van der Waals surface area contributed by atoms with Gasteiger partial charge in [0, 0.05) is 11.3 Å². The molecule has 5 rings (SSSR count). The second-order valence-corrected chi connectivity index (χ2v) is 8.74. The van der Waals surface area contributed by atoms with Gasteiger partial charge in [-0.25, -0.2) is 0 Å². The second-order valence-electron chi connectivity index (χ2n) is 7.58. The first-order valence-corrected chi connectivity index (χ1v) is 11.1.